The number of ether oxygens (including phenoxy) is 2. The molecule has 0 radical (unpaired) electrons. The average molecular weight is 488 g/mol. The molecule has 36 heavy (non-hydrogen) atoms. The minimum Gasteiger partial charge on any atom is -0.493 e. The molecule has 3 aromatic carbocycles. The van der Waals surface area contributed by atoms with Crippen molar-refractivity contribution in [2.24, 2.45) is 0 Å². The summed E-state index contributed by atoms with van der Waals surface area (Å²) in [6, 6.07) is 11.1. The van der Waals surface area contributed by atoms with Gasteiger partial charge in [0.15, 0.2) is 6.10 Å². The molecule has 6 heteroatoms. The lowest BCUT2D eigenvalue weighted by molar-refractivity contribution is -0.160. The van der Waals surface area contributed by atoms with Crippen LogP contribution < -0.4 is 4.74 Å². The highest BCUT2D eigenvalue weighted by atomic mass is 19.1. The molecule has 0 amide bonds. The first-order valence-corrected chi connectivity index (χ1v) is 12.3. The van der Waals surface area contributed by atoms with Gasteiger partial charge in [-0.1, -0.05) is 13.0 Å². The monoisotopic (exact) mass is 487 g/mol. The lowest BCUT2D eigenvalue weighted by atomic mass is 9.85. The van der Waals surface area contributed by atoms with E-state index in [-0.39, 0.29) is 5.82 Å². The van der Waals surface area contributed by atoms with Gasteiger partial charge in [-0.05, 0) is 97.5 Å². The molecular formula is C30H30FNO4. The number of hydrogen-bond donors (Lipinski definition) is 1. The maximum Gasteiger partial charge on any atom is 0.337 e. The first-order chi connectivity index (χ1) is 17.1. The Balaban J connectivity index is 1.94. The second kappa shape index (κ2) is 8.86. The van der Waals surface area contributed by atoms with Gasteiger partial charge in [-0.2, -0.15) is 0 Å². The molecule has 186 valence electrons. The fourth-order valence-corrected chi connectivity index (χ4v) is 5.22. The van der Waals surface area contributed by atoms with Gasteiger partial charge in [0.05, 0.1) is 17.7 Å². The van der Waals surface area contributed by atoms with Crippen LogP contribution in [-0.4, -0.2) is 28.3 Å². The van der Waals surface area contributed by atoms with Crippen molar-refractivity contribution in [2.75, 3.05) is 6.61 Å². The molecular weight excluding hydrogens is 457 g/mol. The molecule has 1 aliphatic rings. The smallest absolute Gasteiger partial charge is 0.337 e. The highest BCUT2D eigenvalue weighted by Gasteiger charge is 2.33. The molecule has 4 aromatic rings. The number of carbonyl (C=O) groups is 1. The van der Waals surface area contributed by atoms with Crippen molar-refractivity contribution in [2.45, 2.75) is 59.2 Å². The summed E-state index contributed by atoms with van der Waals surface area (Å²) in [5.41, 5.74) is 4.37. The standard InChI is InChI=1S/C30H30FNO4/c1-6-17-14-19-13-16(2)24(28(29(33)34)36-30(3,4)5)26(21(19)15-22(17)31)20-7-8-23-25-18(10-12-35-23)9-11-32-27(20)25/h7-9,11,13-15,28H,6,10,12H2,1-5H3,(H,33,34)/t28-/m0/s1. The Morgan fingerprint density at radius 1 is 1.22 bits per heavy atom. The Hall–Kier alpha value is -3.51. The fraction of sp³-hybridized carbons (Fsp3) is 0.333. The molecule has 0 saturated heterocycles. The third-order valence-corrected chi connectivity index (χ3v) is 6.73. The third-order valence-electron chi connectivity index (χ3n) is 6.73. The van der Waals surface area contributed by atoms with Gasteiger partial charge in [-0.3, -0.25) is 4.98 Å². The first-order valence-electron chi connectivity index (χ1n) is 12.3. The molecule has 0 fully saturated rings. The van der Waals surface area contributed by atoms with Crippen LogP contribution in [-0.2, 0) is 22.4 Å². The van der Waals surface area contributed by atoms with E-state index in [1.165, 1.54) is 6.07 Å². The summed E-state index contributed by atoms with van der Waals surface area (Å²) in [5.74, 6) is -0.663. The molecule has 0 saturated carbocycles. The summed E-state index contributed by atoms with van der Waals surface area (Å²) in [6.07, 6.45) is 1.84. The van der Waals surface area contributed by atoms with E-state index < -0.39 is 17.7 Å². The summed E-state index contributed by atoms with van der Waals surface area (Å²) in [6.45, 7) is 9.88. The van der Waals surface area contributed by atoms with Gasteiger partial charge in [-0.25, -0.2) is 9.18 Å². The van der Waals surface area contributed by atoms with Crippen LogP contribution in [0.25, 0.3) is 32.8 Å². The van der Waals surface area contributed by atoms with E-state index in [1.807, 2.05) is 65.0 Å². The molecule has 1 aromatic heterocycles. The number of rotatable bonds is 5. The highest BCUT2D eigenvalue weighted by molar-refractivity contribution is 6.09. The summed E-state index contributed by atoms with van der Waals surface area (Å²) >= 11 is 0. The third kappa shape index (κ3) is 4.09. The van der Waals surface area contributed by atoms with Crippen LogP contribution >= 0.6 is 0 Å². The highest BCUT2D eigenvalue weighted by Crippen LogP contribution is 2.45. The Kier molecular flexibility index (Phi) is 5.95. The van der Waals surface area contributed by atoms with E-state index in [0.29, 0.717) is 40.6 Å². The molecule has 0 unspecified atom stereocenters. The normalized spacial score (nSPS) is 14.2. The van der Waals surface area contributed by atoms with Crippen LogP contribution in [0.5, 0.6) is 5.75 Å². The Morgan fingerprint density at radius 2 is 2.00 bits per heavy atom. The number of nitrogens with zero attached hydrogens (tertiary/aromatic N) is 1. The van der Waals surface area contributed by atoms with Gasteiger partial charge >= 0.3 is 5.97 Å². The Bertz CT molecular complexity index is 1510. The molecule has 0 aliphatic carbocycles. The number of aryl methyl sites for hydroxylation is 2. The van der Waals surface area contributed by atoms with Gasteiger partial charge in [0.1, 0.15) is 11.6 Å². The lowest BCUT2D eigenvalue weighted by Crippen LogP contribution is -2.28. The van der Waals surface area contributed by atoms with E-state index in [1.54, 1.807) is 6.20 Å². The number of benzene rings is 3. The maximum atomic E-state index is 15.2. The molecule has 2 heterocycles. The maximum absolute atomic E-state index is 15.2. The number of pyridine rings is 1. The van der Waals surface area contributed by atoms with Crippen LogP contribution in [0.4, 0.5) is 4.39 Å². The summed E-state index contributed by atoms with van der Waals surface area (Å²) < 4.78 is 27.2. The molecule has 1 N–H and O–H groups in total. The van der Waals surface area contributed by atoms with Crippen molar-refractivity contribution < 1.29 is 23.8 Å². The Morgan fingerprint density at radius 3 is 2.69 bits per heavy atom. The summed E-state index contributed by atoms with van der Waals surface area (Å²) in [5, 5.41) is 12.7. The summed E-state index contributed by atoms with van der Waals surface area (Å²) in [7, 11) is 0. The summed E-state index contributed by atoms with van der Waals surface area (Å²) in [4.78, 5) is 17.3. The van der Waals surface area contributed by atoms with Gasteiger partial charge in [-0.15, -0.1) is 0 Å². The van der Waals surface area contributed by atoms with E-state index in [0.717, 1.165) is 39.6 Å². The second-order valence-electron chi connectivity index (χ2n) is 10.4. The SMILES string of the molecule is CCc1cc2cc(C)c([C@H](OC(C)(C)C)C(=O)O)c(-c3ccc4c5c(ccnc35)CCO4)c2cc1F. The molecule has 0 spiro atoms. The minimum atomic E-state index is -1.25. The largest absolute Gasteiger partial charge is 0.493 e. The van der Waals surface area contributed by atoms with Gasteiger partial charge < -0.3 is 14.6 Å². The van der Waals surface area contributed by atoms with Crippen molar-refractivity contribution in [1.82, 2.24) is 4.98 Å². The van der Waals surface area contributed by atoms with Crippen molar-refractivity contribution in [3.63, 3.8) is 0 Å². The zero-order valence-electron chi connectivity index (χ0n) is 21.2. The number of aromatic nitrogens is 1. The van der Waals surface area contributed by atoms with E-state index in [9.17, 15) is 9.90 Å². The van der Waals surface area contributed by atoms with Crippen molar-refractivity contribution in [3.05, 3.63) is 70.7 Å². The van der Waals surface area contributed by atoms with Crippen LogP contribution in [0.15, 0.2) is 42.6 Å². The number of carboxylic acids is 1. The Labute approximate surface area is 209 Å². The van der Waals surface area contributed by atoms with Gasteiger partial charge in [0.2, 0.25) is 0 Å². The van der Waals surface area contributed by atoms with Gasteiger partial charge in [0.25, 0.3) is 0 Å². The number of carboxylic acid groups (broad SMARTS) is 1. The number of fused-ring (bicyclic) bond motifs is 1. The van der Waals surface area contributed by atoms with Gasteiger partial charge in [0, 0.05) is 29.1 Å². The number of hydrogen-bond acceptors (Lipinski definition) is 4. The second-order valence-corrected chi connectivity index (χ2v) is 10.4. The van der Waals surface area contributed by atoms with Crippen molar-refractivity contribution in [1.29, 1.82) is 0 Å². The molecule has 5 nitrogen and oxygen atoms in total. The molecule has 5 rings (SSSR count). The van der Waals surface area contributed by atoms with Crippen LogP contribution in [0.3, 0.4) is 0 Å². The predicted molar refractivity (Wildman–Crippen MR) is 139 cm³/mol. The number of halogens is 1. The van der Waals surface area contributed by atoms with Crippen molar-refractivity contribution >= 4 is 27.6 Å². The van der Waals surface area contributed by atoms with Crippen molar-refractivity contribution in [3.8, 4) is 16.9 Å². The molecule has 1 atom stereocenters. The van der Waals surface area contributed by atoms with Crippen LogP contribution in [0, 0.1) is 12.7 Å². The quantitative estimate of drug-likeness (QED) is 0.330. The van der Waals surface area contributed by atoms with E-state index >= 15 is 4.39 Å². The van der Waals surface area contributed by atoms with Crippen LogP contribution in [0.2, 0.25) is 0 Å². The number of aliphatic carboxylic acids is 1. The van der Waals surface area contributed by atoms with E-state index in [4.69, 9.17) is 14.5 Å². The minimum absolute atomic E-state index is 0.316. The zero-order chi connectivity index (χ0) is 25.8. The lowest BCUT2D eigenvalue weighted by Gasteiger charge is -2.29. The molecule has 1 aliphatic heterocycles. The molecule has 0 bridgehead atoms. The topological polar surface area (TPSA) is 68.7 Å². The van der Waals surface area contributed by atoms with E-state index in [2.05, 4.69) is 0 Å². The first kappa shape index (κ1) is 24.2. The predicted octanol–water partition coefficient (Wildman–Crippen LogP) is 6.94. The fourth-order valence-electron chi connectivity index (χ4n) is 5.22. The average Bonchev–Trinajstić information content (AvgIpc) is 2.82. The zero-order valence-corrected chi connectivity index (χ0v) is 21.2. The van der Waals surface area contributed by atoms with Crippen LogP contribution in [0.1, 0.15) is 56.1 Å².